The highest BCUT2D eigenvalue weighted by molar-refractivity contribution is 5.76. The van der Waals surface area contributed by atoms with Gasteiger partial charge in [-0.15, -0.1) is 0 Å². The molecular formula is C12H9FN4. The molecule has 2 heterocycles. The number of nitrogens with one attached hydrogen (secondary N) is 2. The van der Waals surface area contributed by atoms with Crippen LogP contribution < -0.4 is 5.32 Å². The summed E-state index contributed by atoms with van der Waals surface area (Å²) in [6, 6.07) is 10.1. The van der Waals surface area contributed by atoms with Crippen molar-refractivity contribution in [1.82, 2.24) is 15.2 Å². The molecule has 0 unspecified atom stereocenters. The Bertz CT molecular complexity index is 662. The number of aromatic nitrogens is 3. The lowest BCUT2D eigenvalue weighted by Crippen LogP contribution is -1.95. The number of nitrogens with zero attached hydrogens (tertiary/aromatic N) is 2. The second kappa shape index (κ2) is 3.86. The van der Waals surface area contributed by atoms with Gasteiger partial charge in [0.05, 0.1) is 17.4 Å². The zero-order valence-corrected chi connectivity index (χ0v) is 8.81. The van der Waals surface area contributed by atoms with Gasteiger partial charge >= 0.3 is 0 Å². The zero-order valence-electron chi connectivity index (χ0n) is 8.81. The average molecular weight is 228 g/mol. The van der Waals surface area contributed by atoms with Crippen molar-refractivity contribution in [2.24, 2.45) is 0 Å². The van der Waals surface area contributed by atoms with Gasteiger partial charge in [-0.25, -0.2) is 9.37 Å². The van der Waals surface area contributed by atoms with Crippen molar-refractivity contribution in [3.63, 3.8) is 0 Å². The maximum absolute atomic E-state index is 13.4. The SMILES string of the molecule is Fc1ccccc1Nc1ccc2[nH]ncc2n1. The first-order valence-corrected chi connectivity index (χ1v) is 5.14. The van der Waals surface area contributed by atoms with Gasteiger partial charge in [0.2, 0.25) is 0 Å². The van der Waals surface area contributed by atoms with E-state index in [4.69, 9.17) is 0 Å². The highest BCUT2D eigenvalue weighted by Gasteiger charge is 2.03. The fourth-order valence-corrected chi connectivity index (χ4v) is 1.60. The fraction of sp³-hybridized carbons (Fsp3) is 0. The van der Waals surface area contributed by atoms with Crippen LogP contribution in [0.1, 0.15) is 0 Å². The van der Waals surface area contributed by atoms with Gasteiger partial charge in [0.1, 0.15) is 17.2 Å². The molecule has 0 saturated carbocycles. The summed E-state index contributed by atoms with van der Waals surface area (Å²) in [5, 5.41) is 9.61. The third kappa shape index (κ3) is 1.82. The number of hydrogen-bond donors (Lipinski definition) is 2. The van der Waals surface area contributed by atoms with Crippen LogP contribution >= 0.6 is 0 Å². The van der Waals surface area contributed by atoms with Gasteiger partial charge in [-0.1, -0.05) is 12.1 Å². The number of rotatable bonds is 2. The number of anilines is 2. The van der Waals surface area contributed by atoms with E-state index in [2.05, 4.69) is 20.5 Å². The second-order valence-electron chi connectivity index (χ2n) is 3.60. The minimum Gasteiger partial charge on any atom is -0.338 e. The third-order valence-corrected chi connectivity index (χ3v) is 2.43. The lowest BCUT2D eigenvalue weighted by Gasteiger charge is -2.05. The lowest BCUT2D eigenvalue weighted by atomic mass is 10.3. The van der Waals surface area contributed by atoms with Gasteiger partial charge in [-0.05, 0) is 24.3 Å². The Morgan fingerprint density at radius 3 is 2.88 bits per heavy atom. The van der Waals surface area contributed by atoms with Crippen molar-refractivity contribution in [2.45, 2.75) is 0 Å². The Balaban J connectivity index is 1.97. The molecule has 0 spiro atoms. The van der Waals surface area contributed by atoms with Crippen LogP contribution in [0.3, 0.4) is 0 Å². The van der Waals surface area contributed by atoms with Crippen LogP contribution in [-0.2, 0) is 0 Å². The first-order chi connectivity index (χ1) is 8.33. The Hall–Kier alpha value is -2.43. The van der Waals surface area contributed by atoms with E-state index in [1.807, 2.05) is 6.07 Å². The molecule has 0 fully saturated rings. The van der Waals surface area contributed by atoms with Gasteiger partial charge in [0, 0.05) is 0 Å². The van der Waals surface area contributed by atoms with Gasteiger partial charge in [0.25, 0.3) is 0 Å². The van der Waals surface area contributed by atoms with E-state index in [-0.39, 0.29) is 5.82 Å². The van der Waals surface area contributed by atoms with Crippen LogP contribution in [0.25, 0.3) is 11.0 Å². The van der Waals surface area contributed by atoms with E-state index in [1.54, 1.807) is 30.5 Å². The van der Waals surface area contributed by atoms with Crippen molar-refractivity contribution in [3.8, 4) is 0 Å². The predicted octanol–water partition coefficient (Wildman–Crippen LogP) is 2.84. The van der Waals surface area contributed by atoms with Crippen LogP contribution in [0.2, 0.25) is 0 Å². The highest BCUT2D eigenvalue weighted by atomic mass is 19.1. The smallest absolute Gasteiger partial charge is 0.146 e. The summed E-state index contributed by atoms with van der Waals surface area (Å²) in [4.78, 5) is 4.30. The minimum absolute atomic E-state index is 0.304. The van der Waals surface area contributed by atoms with Crippen LogP contribution in [0.5, 0.6) is 0 Å². The number of halogens is 1. The summed E-state index contributed by atoms with van der Waals surface area (Å²) in [7, 11) is 0. The Kier molecular flexibility index (Phi) is 2.22. The molecule has 0 atom stereocenters. The molecule has 1 aromatic carbocycles. The standard InChI is InChI=1S/C12H9FN4/c13-8-3-1-2-4-9(8)15-12-6-5-10-11(16-12)7-14-17-10/h1-7H,(H,14,17)(H,15,16). The quantitative estimate of drug-likeness (QED) is 0.709. The number of pyridine rings is 1. The minimum atomic E-state index is -0.304. The molecule has 4 nitrogen and oxygen atoms in total. The molecule has 3 aromatic rings. The largest absolute Gasteiger partial charge is 0.338 e. The second-order valence-corrected chi connectivity index (χ2v) is 3.60. The molecule has 0 bridgehead atoms. The summed E-state index contributed by atoms with van der Waals surface area (Å²) in [6.07, 6.45) is 1.63. The molecule has 2 N–H and O–H groups in total. The molecule has 17 heavy (non-hydrogen) atoms. The summed E-state index contributed by atoms with van der Waals surface area (Å²) >= 11 is 0. The maximum Gasteiger partial charge on any atom is 0.146 e. The van der Waals surface area contributed by atoms with E-state index in [0.29, 0.717) is 11.5 Å². The molecule has 0 aliphatic carbocycles. The van der Waals surface area contributed by atoms with Crippen molar-refractivity contribution in [1.29, 1.82) is 0 Å². The molecule has 84 valence electrons. The predicted molar refractivity (Wildman–Crippen MR) is 63.6 cm³/mol. The molecule has 3 rings (SSSR count). The maximum atomic E-state index is 13.4. The summed E-state index contributed by atoms with van der Waals surface area (Å²) in [5.74, 6) is 0.283. The normalized spacial score (nSPS) is 10.6. The molecule has 0 aliphatic heterocycles. The van der Waals surface area contributed by atoms with Crippen LogP contribution in [0.15, 0.2) is 42.6 Å². The first-order valence-electron chi connectivity index (χ1n) is 5.14. The topological polar surface area (TPSA) is 53.6 Å². The monoisotopic (exact) mass is 228 g/mol. The van der Waals surface area contributed by atoms with Crippen molar-refractivity contribution in [3.05, 3.63) is 48.4 Å². The molecule has 0 saturated heterocycles. The van der Waals surface area contributed by atoms with Crippen molar-refractivity contribution in [2.75, 3.05) is 5.32 Å². The number of fused-ring (bicyclic) bond motifs is 1. The van der Waals surface area contributed by atoms with Gasteiger partial charge < -0.3 is 5.32 Å². The molecular weight excluding hydrogens is 219 g/mol. The van der Waals surface area contributed by atoms with E-state index in [9.17, 15) is 4.39 Å². The Morgan fingerprint density at radius 2 is 2.00 bits per heavy atom. The first kappa shape index (κ1) is 9.77. The molecule has 0 amide bonds. The average Bonchev–Trinajstić information content (AvgIpc) is 2.79. The lowest BCUT2D eigenvalue weighted by molar-refractivity contribution is 0.632. The van der Waals surface area contributed by atoms with Crippen molar-refractivity contribution < 1.29 is 4.39 Å². The number of aromatic amines is 1. The van der Waals surface area contributed by atoms with Gasteiger partial charge in [-0.2, -0.15) is 5.10 Å². The van der Waals surface area contributed by atoms with Gasteiger partial charge in [0.15, 0.2) is 0 Å². The number of hydrogen-bond acceptors (Lipinski definition) is 3. The molecule has 0 aliphatic rings. The van der Waals surface area contributed by atoms with E-state index in [0.717, 1.165) is 11.0 Å². The summed E-state index contributed by atoms with van der Waals surface area (Å²) in [5.41, 5.74) is 2.00. The summed E-state index contributed by atoms with van der Waals surface area (Å²) in [6.45, 7) is 0. The van der Waals surface area contributed by atoms with Gasteiger partial charge in [-0.3, -0.25) is 5.10 Å². The van der Waals surface area contributed by atoms with E-state index >= 15 is 0 Å². The van der Waals surface area contributed by atoms with E-state index < -0.39 is 0 Å². The van der Waals surface area contributed by atoms with Crippen LogP contribution in [0, 0.1) is 5.82 Å². The molecule has 0 radical (unpaired) electrons. The number of benzene rings is 1. The summed E-state index contributed by atoms with van der Waals surface area (Å²) < 4.78 is 13.4. The zero-order chi connectivity index (χ0) is 11.7. The Labute approximate surface area is 96.5 Å². The number of para-hydroxylation sites is 1. The Morgan fingerprint density at radius 1 is 1.12 bits per heavy atom. The van der Waals surface area contributed by atoms with Crippen molar-refractivity contribution >= 4 is 22.5 Å². The van der Waals surface area contributed by atoms with E-state index in [1.165, 1.54) is 6.07 Å². The van der Waals surface area contributed by atoms with Crippen LogP contribution in [-0.4, -0.2) is 15.2 Å². The molecule has 5 heteroatoms. The number of H-pyrrole nitrogens is 1. The highest BCUT2D eigenvalue weighted by Crippen LogP contribution is 2.19. The van der Waals surface area contributed by atoms with Crippen LogP contribution in [0.4, 0.5) is 15.9 Å². The molecule has 2 aromatic heterocycles. The fourth-order valence-electron chi connectivity index (χ4n) is 1.60. The third-order valence-electron chi connectivity index (χ3n) is 2.43.